The highest BCUT2D eigenvalue weighted by molar-refractivity contribution is 5.81. The number of aromatic nitrogens is 2. The standard InChI is InChI=1S/C18H27N5O2/c1-12-10-15(12)17(24)19-5-4-14-11-16(23-6-8-25-9-7-23)22-18(21-14)20-13-2-3-13/h11-13,15H,2-10H2,1H3,(H,19,24)(H,20,21,22)/t12-,15+/m1/s1. The SMILES string of the molecule is C[C@@H]1C[C@@H]1C(=O)NCCc1cc(N2CCOCC2)nc(NC2CC2)n1. The molecule has 3 aliphatic rings. The van der Waals surface area contributed by atoms with E-state index in [1.807, 2.05) is 0 Å². The van der Waals surface area contributed by atoms with Crippen LogP contribution in [0.5, 0.6) is 0 Å². The van der Waals surface area contributed by atoms with E-state index < -0.39 is 0 Å². The number of amides is 1. The maximum absolute atomic E-state index is 12.0. The van der Waals surface area contributed by atoms with Crippen LogP contribution in [0.2, 0.25) is 0 Å². The minimum Gasteiger partial charge on any atom is -0.378 e. The van der Waals surface area contributed by atoms with Crippen molar-refractivity contribution in [2.24, 2.45) is 11.8 Å². The molecule has 1 aromatic rings. The molecule has 0 spiro atoms. The van der Waals surface area contributed by atoms with E-state index in [4.69, 9.17) is 4.74 Å². The maximum atomic E-state index is 12.0. The summed E-state index contributed by atoms with van der Waals surface area (Å²) >= 11 is 0. The molecule has 0 unspecified atom stereocenters. The van der Waals surface area contributed by atoms with E-state index in [1.54, 1.807) is 0 Å². The number of hydrogen-bond acceptors (Lipinski definition) is 6. The van der Waals surface area contributed by atoms with Gasteiger partial charge in [0.2, 0.25) is 11.9 Å². The summed E-state index contributed by atoms with van der Waals surface area (Å²) in [5.41, 5.74) is 0.976. The zero-order chi connectivity index (χ0) is 17.2. The third kappa shape index (κ3) is 4.39. The van der Waals surface area contributed by atoms with Gasteiger partial charge in [0, 0.05) is 49.8 Å². The van der Waals surface area contributed by atoms with Gasteiger partial charge in [-0.25, -0.2) is 4.98 Å². The number of ether oxygens (including phenoxy) is 1. The number of hydrogen-bond donors (Lipinski definition) is 2. The van der Waals surface area contributed by atoms with Crippen molar-refractivity contribution in [1.82, 2.24) is 15.3 Å². The number of anilines is 2. The van der Waals surface area contributed by atoms with Crippen LogP contribution in [0.4, 0.5) is 11.8 Å². The number of morpholine rings is 1. The fourth-order valence-corrected chi connectivity index (χ4v) is 3.17. The Balaban J connectivity index is 1.40. The lowest BCUT2D eigenvalue weighted by molar-refractivity contribution is -0.122. The first-order valence-corrected chi connectivity index (χ1v) is 9.44. The van der Waals surface area contributed by atoms with Gasteiger partial charge in [-0.3, -0.25) is 4.79 Å². The normalized spacial score (nSPS) is 25.6. The van der Waals surface area contributed by atoms with Crippen LogP contribution in [0.1, 0.15) is 31.9 Å². The first-order chi connectivity index (χ1) is 12.2. The summed E-state index contributed by atoms with van der Waals surface area (Å²) in [4.78, 5) is 23.5. The monoisotopic (exact) mass is 345 g/mol. The first kappa shape index (κ1) is 16.6. The second-order valence-electron chi connectivity index (χ2n) is 7.42. The molecule has 2 heterocycles. The van der Waals surface area contributed by atoms with Crippen LogP contribution in [-0.4, -0.2) is 54.8 Å². The Morgan fingerprint density at radius 2 is 2.08 bits per heavy atom. The third-order valence-electron chi connectivity index (χ3n) is 5.14. The van der Waals surface area contributed by atoms with Crippen LogP contribution >= 0.6 is 0 Å². The average molecular weight is 345 g/mol. The van der Waals surface area contributed by atoms with Gasteiger partial charge in [0.05, 0.1) is 13.2 Å². The zero-order valence-electron chi connectivity index (χ0n) is 14.8. The Labute approximate surface area is 148 Å². The molecule has 2 aliphatic carbocycles. The van der Waals surface area contributed by atoms with Crippen molar-refractivity contribution in [1.29, 1.82) is 0 Å². The largest absolute Gasteiger partial charge is 0.378 e. The topological polar surface area (TPSA) is 79.4 Å². The number of nitrogens with zero attached hydrogens (tertiary/aromatic N) is 3. The summed E-state index contributed by atoms with van der Waals surface area (Å²) < 4.78 is 5.44. The van der Waals surface area contributed by atoms with Crippen molar-refractivity contribution in [3.05, 3.63) is 11.8 Å². The molecule has 0 aromatic carbocycles. The van der Waals surface area contributed by atoms with Gasteiger partial charge in [0.25, 0.3) is 0 Å². The highest BCUT2D eigenvalue weighted by Gasteiger charge is 2.38. The van der Waals surface area contributed by atoms with E-state index in [0.29, 0.717) is 24.5 Å². The van der Waals surface area contributed by atoms with E-state index in [1.165, 1.54) is 12.8 Å². The summed E-state index contributed by atoms with van der Waals surface area (Å²) in [6.45, 7) is 5.94. The van der Waals surface area contributed by atoms with E-state index >= 15 is 0 Å². The molecule has 136 valence electrons. The number of carbonyl (C=O) groups is 1. The Kier molecular flexibility index (Phi) is 4.74. The molecule has 4 rings (SSSR count). The molecule has 1 saturated heterocycles. The molecular weight excluding hydrogens is 318 g/mol. The summed E-state index contributed by atoms with van der Waals surface area (Å²) in [5.74, 6) is 2.62. The smallest absolute Gasteiger partial charge is 0.225 e. The molecule has 3 fully saturated rings. The summed E-state index contributed by atoms with van der Waals surface area (Å²) in [5, 5.41) is 6.44. The molecule has 25 heavy (non-hydrogen) atoms. The third-order valence-corrected chi connectivity index (χ3v) is 5.14. The average Bonchev–Trinajstić information content (AvgIpc) is 3.54. The van der Waals surface area contributed by atoms with Crippen molar-refractivity contribution < 1.29 is 9.53 Å². The van der Waals surface area contributed by atoms with E-state index in [0.717, 1.165) is 50.7 Å². The van der Waals surface area contributed by atoms with Gasteiger partial charge < -0.3 is 20.3 Å². The molecular formula is C18H27N5O2. The second-order valence-corrected chi connectivity index (χ2v) is 7.42. The van der Waals surface area contributed by atoms with Crippen LogP contribution in [0, 0.1) is 11.8 Å². The lowest BCUT2D eigenvalue weighted by Crippen LogP contribution is -2.37. The number of nitrogens with one attached hydrogen (secondary N) is 2. The van der Waals surface area contributed by atoms with E-state index in [9.17, 15) is 4.79 Å². The van der Waals surface area contributed by atoms with Gasteiger partial charge in [0.1, 0.15) is 5.82 Å². The van der Waals surface area contributed by atoms with Crippen LogP contribution in [0.25, 0.3) is 0 Å². The predicted molar refractivity (Wildman–Crippen MR) is 95.7 cm³/mol. The van der Waals surface area contributed by atoms with Gasteiger partial charge in [-0.05, 0) is 25.2 Å². The predicted octanol–water partition coefficient (Wildman–Crippen LogP) is 1.20. The van der Waals surface area contributed by atoms with Crippen LogP contribution in [-0.2, 0) is 16.0 Å². The van der Waals surface area contributed by atoms with Crippen LogP contribution < -0.4 is 15.5 Å². The van der Waals surface area contributed by atoms with Crippen molar-refractivity contribution in [3.63, 3.8) is 0 Å². The fourth-order valence-electron chi connectivity index (χ4n) is 3.17. The molecule has 7 nitrogen and oxygen atoms in total. The minimum atomic E-state index is 0.186. The second kappa shape index (κ2) is 7.15. The van der Waals surface area contributed by atoms with Crippen LogP contribution in [0.3, 0.4) is 0 Å². The molecule has 2 saturated carbocycles. The highest BCUT2D eigenvalue weighted by atomic mass is 16.5. The quantitative estimate of drug-likeness (QED) is 0.773. The molecule has 0 bridgehead atoms. The van der Waals surface area contributed by atoms with Crippen molar-refractivity contribution in [2.45, 2.75) is 38.6 Å². The van der Waals surface area contributed by atoms with Crippen molar-refractivity contribution in [3.8, 4) is 0 Å². The Morgan fingerprint density at radius 3 is 2.76 bits per heavy atom. The maximum Gasteiger partial charge on any atom is 0.225 e. The summed E-state index contributed by atoms with van der Waals surface area (Å²) in [6, 6.07) is 2.57. The fraction of sp³-hybridized carbons (Fsp3) is 0.722. The van der Waals surface area contributed by atoms with Gasteiger partial charge >= 0.3 is 0 Å². The molecule has 1 aliphatic heterocycles. The molecule has 1 amide bonds. The highest BCUT2D eigenvalue weighted by Crippen LogP contribution is 2.37. The molecule has 2 N–H and O–H groups in total. The van der Waals surface area contributed by atoms with Gasteiger partial charge in [0.15, 0.2) is 0 Å². The van der Waals surface area contributed by atoms with Gasteiger partial charge in [-0.15, -0.1) is 0 Å². The Morgan fingerprint density at radius 1 is 1.32 bits per heavy atom. The molecule has 2 atom stereocenters. The van der Waals surface area contributed by atoms with Crippen LogP contribution in [0.15, 0.2) is 6.07 Å². The first-order valence-electron chi connectivity index (χ1n) is 9.44. The van der Waals surface area contributed by atoms with Crippen molar-refractivity contribution >= 4 is 17.7 Å². The Bertz CT molecular complexity index is 628. The van der Waals surface area contributed by atoms with E-state index in [2.05, 4.69) is 38.5 Å². The van der Waals surface area contributed by atoms with E-state index in [-0.39, 0.29) is 11.8 Å². The minimum absolute atomic E-state index is 0.186. The lowest BCUT2D eigenvalue weighted by atomic mass is 10.2. The zero-order valence-corrected chi connectivity index (χ0v) is 14.8. The number of carbonyl (C=O) groups excluding carboxylic acids is 1. The lowest BCUT2D eigenvalue weighted by Gasteiger charge is -2.28. The molecule has 7 heteroatoms. The Hall–Kier alpha value is -1.89. The summed E-state index contributed by atoms with van der Waals surface area (Å²) in [7, 11) is 0. The number of rotatable bonds is 7. The molecule has 1 aromatic heterocycles. The van der Waals surface area contributed by atoms with Crippen molar-refractivity contribution in [2.75, 3.05) is 43.1 Å². The molecule has 0 radical (unpaired) electrons. The van der Waals surface area contributed by atoms with Gasteiger partial charge in [-0.2, -0.15) is 4.98 Å². The summed E-state index contributed by atoms with van der Waals surface area (Å²) in [6.07, 6.45) is 4.13. The van der Waals surface area contributed by atoms with Gasteiger partial charge in [-0.1, -0.05) is 6.92 Å².